The van der Waals surface area contributed by atoms with Crippen molar-refractivity contribution in [1.29, 1.82) is 0 Å². The van der Waals surface area contributed by atoms with Gasteiger partial charge < -0.3 is 14.8 Å². The van der Waals surface area contributed by atoms with E-state index in [4.69, 9.17) is 4.74 Å². The van der Waals surface area contributed by atoms with Crippen molar-refractivity contribution in [1.82, 2.24) is 9.97 Å². The van der Waals surface area contributed by atoms with Crippen molar-refractivity contribution in [3.05, 3.63) is 46.3 Å². The first-order valence-corrected chi connectivity index (χ1v) is 6.27. The van der Waals surface area contributed by atoms with Gasteiger partial charge in [0.15, 0.2) is 0 Å². The molecular formula is C14H15FN2O3. The van der Waals surface area contributed by atoms with Crippen LogP contribution in [0.4, 0.5) is 4.39 Å². The zero-order valence-electron chi connectivity index (χ0n) is 11.0. The van der Waals surface area contributed by atoms with Crippen LogP contribution >= 0.6 is 0 Å². The molecule has 5 nitrogen and oxygen atoms in total. The third kappa shape index (κ3) is 3.21. The van der Waals surface area contributed by atoms with Gasteiger partial charge in [0.25, 0.3) is 5.56 Å². The summed E-state index contributed by atoms with van der Waals surface area (Å²) in [6, 6.07) is 5.44. The smallest absolute Gasteiger partial charge is 0.262 e. The molecular weight excluding hydrogens is 263 g/mol. The molecule has 6 heteroatoms. The fourth-order valence-corrected chi connectivity index (χ4v) is 1.84. The maximum Gasteiger partial charge on any atom is 0.262 e. The van der Waals surface area contributed by atoms with Gasteiger partial charge in [-0.25, -0.2) is 4.39 Å². The highest BCUT2D eigenvalue weighted by Gasteiger charge is 2.13. The van der Waals surface area contributed by atoms with Gasteiger partial charge >= 0.3 is 0 Å². The Balaban J connectivity index is 2.34. The molecule has 1 heterocycles. The van der Waals surface area contributed by atoms with E-state index in [0.29, 0.717) is 25.5 Å². The molecule has 2 rings (SSSR count). The molecule has 0 amide bonds. The maximum absolute atomic E-state index is 13.2. The van der Waals surface area contributed by atoms with Crippen LogP contribution in [0.25, 0.3) is 11.1 Å². The number of halogens is 1. The quantitative estimate of drug-likeness (QED) is 0.819. The number of H-pyrrole nitrogens is 1. The van der Waals surface area contributed by atoms with Crippen molar-refractivity contribution in [3.63, 3.8) is 0 Å². The Morgan fingerprint density at radius 2 is 2.25 bits per heavy atom. The molecule has 0 fully saturated rings. The first kappa shape index (κ1) is 14.2. The van der Waals surface area contributed by atoms with Gasteiger partial charge in [-0.05, 0) is 24.6 Å². The minimum atomic E-state index is -0.505. The zero-order chi connectivity index (χ0) is 14.5. The van der Waals surface area contributed by atoms with Gasteiger partial charge in [0.2, 0.25) is 5.88 Å². The van der Waals surface area contributed by atoms with Gasteiger partial charge in [-0.2, -0.15) is 4.98 Å². The summed E-state index contributed by atoms with van der Waals surface area (Å²) in [5.41, 5.74) is -0.258. The highest BCUT2D eigenvalue weighted by molar-refractivity contribution is 5.67. The number of ether oxygens (including phenoxy) is 1. The molecule has 2 N–H and O–H groups in total. The molecule has 0 radical (unpaired) electrons. The van der Waals surface area contributed by atoms with Crippen molar-refractivity contribution < 1.29 is 14.2 Å². The number of nitrogens with one attached hydrogen (secondary N) is 1. The van der Waals surface area contributed by atoms with Gasteiger partial charge in [0.1, 0.15) is 17.2 Å². The van der Waals surface area contributed by atoms with Crippen molar-refractivity contribution in [2.75, 3.05) is 13.2 Å². The normalized spacial score (nSPS) is 10.7. The molecule has 0 aliphatic heterocycles. The monoisotopic (exact) mass is 278 g/mol. The minimum Gasteiger partial charge on any atom is -0.493 e. The van der Waals surface area contributed by atoms with Gasteiger partial charge in [-0.3, -0.25) is 4.79 Å². The predicted octanol–water partition coefficient (Wildman–Crippen LogP) is 1.86. The Kier molecular flexibility index (Phi) is 4.47. The first-order chi connectivity index (χ1) is 9.61. The Morgan fingerprint density at radius 1 is 1.45 bits per heavy atom. The van der Waals surface area contributed by atoms with Crippen LogP contribution < -0.4 is 5.56 Å². The van der Waals surface area contributed by atoms with Gasteiger partial charge in [0, 0.05) is 13.0 Å². The average molecular weight is 278 g/mol. The van der Waals surface area contributed by atoms with Crippen LogP contribution in [0.1, 0.15) is 12.7 Å². The second-order valence-electron chi connectivity index (χ2n) is 4.17. The second-order valence-corrected chi connectivity index (χ2v) is 4.17. The molecule has 0 spiro atoms. The molecule has 20 heavy (non-hydrogen) atoms. The summed E-state index contributed by atoms with van der Waals surface area (Å²) >= 11 is 0. The van der Waals surface area contributed by atoms with Gasteiger partial charge in [-0.15, -0.1) is 0 Å². The van der Waals surface area contributed by atoms with Crippen LogP contribution in [0, 0.1) is 5.82 Å². The van der Waals surface area contributed by atoms with Crippen molar-refractivity contribution >= 4 is 0 Å². The number of aromatic nitrogens is 2. The average Bonchev–Trinajstić information content (AvgIpc) is 2.38. The lowest BCUT2D eigenvalue weighted by Gasteiger charge is -2.06. The Bertz CT molecular complexity index is 655. The number of hydrogen-bond acceptors (Lipinski definition) is 4. The van der Waals surface area contributed by atoms with E-state index in [9.17, 15) is 14.3 Å². The molecule has 106 valence electrons. The molecule has 0 unspecified atom stereocenters. The van der Waals surface area contributed by atoms with Crippen molar-refractivity contribution in [2.24, 2.45) is 0 Å². The first-order valence-electron chi connectivity index (χ1n) is 6.27. The Labute approximate surface area is 115 Å². The second kappa shape index (κ2) is 6.29. The lowest BCUT2D eigenvalue weighted by Crippen LogP contribution is -2.15. The fourth-order valence-electron chi connectivity index (χ4n) is 1.84. The highest BCUT2D eigenvalue weighted by Crippen LogP contribution is 2.23. The molecule has 2 aromatic rings. The standard InChI is InChI=1S/C14H15FN2O3/c1-2-20-7-6-11-16-13(18)12(14(19)17-11)9-4-3-5-10(15)8-9/h3-5,8H,2,6-7H2,1H3,(H2,16,17,18,19). The van der Waals surface area contributed by atoms with Crippen LogP contribution in [0.2, 0.25) is 0 Å². The third-order valence-electron chi connectivity index (χ3n) is 2.75. The third-order valence-corrected chi connectivity index (χ3v) is 2.75. The number of rotatable bonds is 5. The van der Waals surface area contributed by atoms with E-state index in [-0.39, 0.29) is 11.1 Å². The Hall–Kier alpha value is -2.21. The summed E-state index contributed by atoms with van der Waals surface area (Å²) in [4.78, 5) is 18.5. The molecule has 1 aromatic carbocycles. The lowest BCUT2D eigenvalue weighted by atomic mass is 10.1. The van der Waals surface area contributed by atoms with Crippen LogP contribution in [-0.2, 0) is 11.2 Å². The van der Waals surface area contributed by atoms with Crippen molar-refractivity contribution in [2.45, 2.75) is 13.3 Å². The summed E-state index contributed by atoms with van der Waals surface area (Å²) in [6.45, 7) is 2.83. The number of benzene rings is 1. The molecule has 0 saturated heterocycles. The molecule has 0 saturated carbocycles. The summed E-state index contributed by atoms with van der Waals surface area (Å²) < 4.78 is 18.3. The SMILES string of the molecule is CCOCCc1nc(O)c(-c2cccc(F)c2)c(=O)[nH]1. The summed E-state index contributed by atoms with van der Waals surface area (Å²) in [5.74, 6) is -0.561. The van der Waals surface area contributed by atoms with Gasteiger partial charge in [-0.1, -0.05) is 12.1 Å². The van der Waals surface area contributed by atoms with Crippen LogP contribution in [-0.4, -0.2) is 28.3 Å². The minimum absolute atomic E-state index is 0.0374. The summed E-state index contributed by atoms with van der Waals surface area (Å²) in [7, 11) is 0. The van der Waals surface area contributed by atoms with Crippen LogP contribution in [0.3, 0.4) is 0 Å². The molecule has 0 bridgehead atoms. The molecule has 0 aliphatic carbocycles. The highest BCUT2D eigenvalue weighted by atomic mass is 19.1. The van der Waals surface area contributed by atoms with E-state index >= 15 is 0 Å². The van der Waals surface area contributed by atoms with E-state index in [1.807, 2.05) is 6.92 Å². The van der Waals surface area contributed by atoms with E-state index in [0.717, 1.165) is 0 Å². The van der Waals surface area contributed by atoms with Crippen molar-refractivity contribution in [3.8, 4) is 17.0 Å². The summed E-state index contributed by atoms with van der Waals surface area (Å²) in [6.07, 6.45) is 0.389. The summed E-state index contributed by atoms with van der Waals surface area (Å²) in [5, 5.41) is 9.88. The van der Waals surface area contributed by atoms with Crippen LogP contribution in [0.5, 0.6) is 5.88 Å². The van der Waals surface area contributed by atoms with Gasteiger partial charge in [0.05, 0.1) is 6.61 Å². The fraction of sp³-hybridized carbons (Fsp3) is 0.286. The maximum atomic E-state index is 13.2. The molecule has 0 atom stereocenters. The lowest BCUT2D eigenvalue weighted by molar-refractivity contribution is 0.149. The largest absolute Gasteiger partial charge is 0.493 e. The predicted molar refractivity (Wildman–Crippen MR) is 72.1 cm³/mol. The van der Waals surface area contributed by atoms with E-state index in [1.165, 1.54) is 24.3 Å². The number of hydrogen-bond donors (Lipinski definition) is 2. The van der Waals surface area contributed by atoms with E-state index in [1.54, 1.807) is 0 Å². The van der Waals surface area contributed by atoms with E-state index < -0.39 is 17.3 Å². The van der Waals surface area contributed by atoms with E-state index in [2.05, 4.69) is 9.97 Å². The number of aromatic hydroxyl groups is 1. The Morgan fingerprint density at radius 3 is 2.90 bits per heavy atom. The molecule has 0 aliphatic rings. The van der Waals surface area contributed by atoms with Crippen LogP contribution in [0.15, 0.2) is 29.1 Å². The number of nitrogens with zero attached hydrogens (tertiary/aromatic N) is 1. The topological polar surface area (TPSA) is 75.2 Å². The number of aromatic amines is 1. The zero-order valence-corrected chi connectivity index (χ0v) is 11.0. The molecule has 1 aromatic heterocycles.